The van der Waals surface area contributed by atoms with Crippen LogP contribution in [0.1, 0.15) is 0 Å². The van der Waals surface area contributed by atoms with E-state index in [0.29, 0.717) is 17.0 Å². The van der Waals surface area contributed by atoms with E-state index < -0.39 is 4.92 Å². The molecule has 0 bridgehead atoms. The first-order chi connectivity index (χ1) is 11.7. The predicted octanol–water partition coefficient (Wildman–Crippen LogP) is 3.97. The van der Waals surface area contributed by atoms with Gasteiger partial charge in [0.1, 0.15) is 0 Å². The van der Waals surface area contributed by atoms with Crippen LogP contribution in [0, 0.1) is 10.1 Å². The molecule has 0 spiro atoms. The minimum Gasteiger partial charge on any atom is -0.284 e. The Bertz CT molecular complexity index is 1040. The van der Waals surface area contributed by atoms with E-state index in [-0.39, 0.29) is 5.69 Å². The highest BCUT2D eigenvalue weighted by Crippen LogP contribution is 2.25. The van der Waals surface area contributed by atoms with Crippen LogP contribution in [0.2, 0.25) is 0 Å². The zero-order chi connectivity index (χ0) is 16.5. The Kier molecular flexibility index (Phi) is 3.28. The average molecular weight is 316 g/mol. The van der Waals surface area contributed by atoms with Crippen molar-refractivity contribution in [2.75, 3.05) is 0 Å². The average Bonchev–Trinajstić information content (AvgIpc) is 3.05. The van der Waals surface area contributed by atoms with Crippen molar-refractivity contribution < 1.29 is 4.92 Å². The Hall–Kier alpha value is -3.54. The van der Waals surface area contributed by atoms with Crippen LogP contribution in [0.25, 0.3) is 28.3 Å². The van der Waals surface area contributed by atoms with E-state index in [0.717, 1.165) is 11.3 Å². The third kappa shape index (κ3) is 2.40. The molecule has 0 aliphatic carbocycles. The van der Waals surface area contributed by atoms with E-state index in [4.69, 9.17) is 0 Å². The Morgan fingerprint density at radius 2 is 1.75 bits per heavy atom. The summed E-state index contributed by atoms with van der Waals surface area (Å²) in [7, 11) is 0. The van der Waals surface area contributed by atoms with Crippen molar-refractivity contribution in [2.24, 2.45) is 0 Å². The molecule has 2 heterocycles. The van der Waals surface area contributed by atoms with Crippen LogP contribution in [0.4, 0.5) is 5.69 Å². The van der Waals surface area contributed by atoms with Crippen LogP contribution in [0.5, 0.6) is 0 Å². The number of aromatic nitrogens is 3. The van der Waals surface area contributed by atoms with Gasteiger partial charge in [-0.05, 0) is 6.07 Å². The number of benzene rings is 2. The van der Waals surface area contributed by atoms with E-state index in [9.17, 15) is 10.1 Å². The van der Waals surface area contributed by atoms with E-state index in [1.165, 1.54) is 12.1 Å². The maximum Gasteiger partial charge on any atom is 0.270 e. The van der Waals surface area contributed by atoms with E-state index >= 15 is 0 Å². The van der Waals surface area contributed by atoms with Crippen LogP contribution < -0.4 is 0 Å². The van der Waals surface area contributed by atoms with Crippen molar-refractivity contribution in [3.8, 4) is 22.5 Å². The van der Waals surface area contributed by atoms with Gasteiger partial charge in [0, 0.05) is 29.5 Å². The maximum atomic E-state index is 10.9. The maximum absolute atomic E-state index is 10.9. The fourth-order valence-electron chi connectivity index (χ4n) is 2.63. The number of nitro benzene ring substituents is 1. The lowest BCUT2D eigenvalue weighted by atomic mass is 10.1. The Morgan fingerprint density at radius 3 is 2.54 bits per heavy atom. The van der Waals surface area contributed by atoms with Gasteiger partial charge in [-0.3, -0.25) is 14.5 Å². The second kappa shape index (κ2) is 5.58. The zero-order valence-electron chi connectivity index (χ0n) is 12.5. The number of imidazole rings is 1. The lowest BCUT2D eigenvalue weighted by molar-refractivity contribution is -0.384. The second-order valence-electron chi connectivity index (χ2n) is 5.30. The number of nitrogens with zero attached hydrogens (tertiary/aromatic N) is 4. The minimum atomic E-state index is -0.412. The second-order valence-corrected chi connectivity index (χ2v) is 5.30. The number of rotatable bonds is 3. The first kappa shape index (κ1) is 14.1. The van der Waals surface area contributed by atoms with Gasteiger partial charge < -0.3 is 0 Å². The molecular formula is C18H12N4O2. The van der Waals surface area contributed by atoms with Crippen LogP contribution in [-0.2, 0) is 0 Å². The Morgan fingerprint density at radius 1 is 0.958 bits per heavy atom. The predicted molar refractivity (Wildman–Crippen MR) is 90.5 cm³/mol. The van der Waals surface area contributed by atoms with Crippen molar-refractivity contribution in [3.05, 3.63) is 83.2 Å². The highest BCUT2D eigenvalue weighted by Gasteiger charge is 2.11. The van der Waals surface area contributed by atoms with Gasteiger partial charge in [-0.25, -0.2) is 9.97 Å². The monoisotopic (exact) mass is 316 g/mol. The van der Waals surface area contributed by atoms with Crippen molar-refractivity contribution >= 4 is 11.5 Å². The highest BCUT2D eigenvalue weighted by molar-refractivity contribution is 5.66. The molecule has 6 nitrogen and oxygen atoms in total. The third-order valence-corrected chi connectivity index (χ3v) is 3.80. The van der Waals surface area contributed by atoms with Crippen LogP contribution in [0.3, 0.4) is 0 Å². The summed E-state index contributed by atoms with van der Waals surface area (Å²) in [6, 6.07) is 18.2. The van der Waals surface area contributed by atoms with Gasteiger partial charge in [-0.2, -0.15) is 0 Å². The van der Waals surface area contributed by atoms with Gasteiger partial charge in [0.15, 0.2) is 0 Å². The molecule has 0 radical (unpaired) electrons. The molecule has 0 atom stereocenters. The molecule has 0 saturated carbocycles. The first-order valence-electron chi connectivity index (χ1n) is 7.37. The smallest absolute Gasteiger partial charge is 0.270 e. The lowest BCUT2D eigenvalue weighted by Crippen LogP contribution is -1.94. The molecule has 0 unspecified atom stereocenters. The van der Waals surface area contributed by atoms with Crippen LogP contribution >= 0.6 is 0 Å². The number of hydrogen-bond acceptors (Lipinski definition) is 4. The molecule has 2 aromatic carbocycles. The van der Waals surface area contributed by atoms with E-state index in [2.05, 4.69) is 9.97 Å². The van der Waals surface area contributed by atoms with Crippen molar-refractivity contribution in [3.63, 3.8) is 0 Å². The Balaban J connectivity index is 1.80. The number of non-ortho nitro benzene ring substituents is 1. The number of fused-ring (bicyclic) bond motifs is 1. The Labute approximate surface area is 137 Å². The lowest BCUT2D eigenvalue weighted by Gasteiger charge is -2.04. The molecule has 24 heavy (non-hydrogen) atoms. The van der Waals surface area contributed by atoms with Crippen LogP contribution in [0.15, 0.2) is 73.1 Å². The molecule has 4 aromatic rings. The molecule has 6 heteroatoms. The van der Waals surface area contributed by atoms with Crippen molar-refractivity contribution in [1.82, 2.24) is 14.4 Å². The topological polar surface area (TPSA) is 73.3 Å². The van der Waals surface area contributed by atoms with Gasteiger partial charge in [0.25, 0.3) is 5.69 Å². The molecule has 0 amide bonds. The number of hydrogen-bond donors (Lipinski definition) is 0. The number of nitro groups is 1. The van der Waals surface area contributed by atoms with E-state index in [1.807, 2.05) is 47.0 Å². The van der Waals surface area contributed by atoms with Crippen molar-refractivity contribution in [2.45, 2.75) is 0 Å². The molecule has 0 fully saturated rings. The summed E-state index contributed by atoms with van der Waals surface area (Å²) in [6.07, 6.45) is 3.65. The fraction of sp³-hybridized carbons (Fsp3) is 0. The van der Waals surface area contributed by atoms with Gasteiger partial charge in [-0.1, -0.05) is 42.5 Å². The molecule has 0 N–H and O–H groups in total. The quantitative estimate of drug-likeness (QED) is 0.423. The van der Waals surface area contributed by atoms with E-state index in [1.54, 1.807) is 18.3 Å². The third-order valence-electron chi connectivity index (χ3n) is 3.80. The summed E-state index contributed by atoms with van der Waals surface area (Å²) < 4.78 is 1.90. The fourth-order valence-corrected chi connectivity index (χ4v) is 2.63. The van der Waals surface area contributed by atoms with Gasteiger partial charge in [0.2, 0.25) is 5.78 Å². The summed E-state index contributed by atoms with van der Waals surface area (Å²) in [4.78, 5) is 19.4. The molecule has 4 rings (SSSR count). The zero-order valence-corrected chi connectivity index (χ0v) is 12.5. The van der Waals surface area contributed by atoms with Gasteiger partial charge in [-0.15, -0.1) is 0 Å². The minimum absolute atomic E-state index is 0.0440. The summed E-state index contributed by atoms with van der Waals surface area (Å²) in [5.41, 5.74) is 3.38. The first-order valence-corrected chi connectivity index (χ1v) is 7.37. The van der Waals surface area contributed by atoms with Crippen LogP contribution in [-0.4, -0.2) is 19.3 Å². The SMILES string of the molecule is O=[N+]([O-])c1cccc(-c2ccn3c(-c4ccccc4)cnc3n2)c1. The molecule has 0 saturated heterocycles. The normalized spacial score (nSPS) is 10.8. The van der Waals surface area contributed by atoms with Gasteiger partial charge in [0.05, 0.1) is 22.5 Å². The molecule has 0 aliphatic rings. The molecule has 0 aliphatic heterocycles. The molecule has 2 aromatic heterocycles. The summed E-state index contributed by atoms with van der Waals surface area (Å²) in [5.74, 6) is 0.554. The molecule has 116 valence electrons. The molecular weight excluding hydrogens is 304 g/mol. The largest absolute Gasteiger partial charge is 0.284 e. The summed E-state index contributed by atoms with van der Waals surface area (Å²) in [5, 5.41) is 10.9. The summed E-state index contributed by atoms with van der Waals surface area (Å²) >= 11 is 0. The summed E-state index contributed by atoms with van der Waals surface area (Å²) in [6.45, 7) is 0. The van der Waals surface area contributed by atoms with Crippen molar-refractivity contribution in [1.29, 1.82) is 0 Å². The standard InChI is InChI=1S/C18H12N4O2/c23-22(24)15-8-4-7-14(11-15)16-9-10-21-17(12-19-18(21)20-16)13-5-2-1-3-6-13/h1-12H. The highest BCUT2D eigenvalue weighted by atomic mass is 16.6. The van der Waals surface area contributed by atoms with Gasteiger partial charge >= 0.3 is 0 Å².